The van der Waals surface area contributed by atoms with E-state index < -0.39 is 0 Å². The van der Waals surface area contributed by atoms with Crippen LogP contribution in [0, 0.1) is 0 Å². The summed E-state index contributed by atoms with van der Waals surface area (Å²) in [4.78, 5) is 0. The maximum Gasteiger partial charge on any atom is 0.0601 e. The van der Waals surface area contributed by atoms with Gasteiger partial charge in [0.15, 0.2) is 0 Å². The summed E-state index contributed by atoms with van der Waals surface area (Å²) in [6.07, 6.45) is 4.06. The molecule has 1 atom stereocenters. The molecule has 2 heteroatoms. The van der Waals surface area contributed by atoms with Crippen LogP contribution in [0.5, 0.6) is 0 Å². The molecule has 0 heterocycles. The zero-order valence-corrected chi connectivity index (χ0v) is 10.9. The molecule has 1 N–H and O–H groups in total. The molecule has 17 heavy (non-hydrogen) atoms. The number of benzene rings is 1. The van der Waals surface area contributed by atoms with Gasteiger partial charge in [-0.1, -0.05) is 37.3 Å². The Balaban J connectivity index is 1.63. The average Bonchev–Trinajstić information content (AvgIpc) is 2.33. The first-order chi connectivity index (χ1) is 8.29. The Morgan fingerprint density at radius 3 is 2.65 bits per heavy atom. The molecule has 0 saturated heterocycles. The van der Waals surface area contributed by atoms with Crippen molar-refractivity contribution in [2.24, 2.45) is 0 Å². The lowest BCUT2D eigenvalue weighted by Gasteiger charge is -2.35. The third-order valence-corrected chi connectivity index (χ3v) is 3.81. The number of methoxy groups -OCH3 is 1. The van der Waals surface area contributed by atoms with Crippen molar-refractivity contribution in [1.29, 1.82) is 0 Å². The van der Waals surface area contributed by atoms with Gasteiger partial charge < -0.3 is 10.1 Å². The fourth-order valence-corrected chi connectivity index (χ4v) is 2.38. The van der Waals surface area contributed by atoms with Crippen molar-refractivity contribution in [3.63, 3.8) is 0 Å². The Hall–Kier alpha value is -0.860. The van der Waals surface area contributed by atoms with Gasteiger partial charge in [-0.25, -0.2) is 0 Å². The third kappa shape index (κ3) is 3.55. The molecule has 1 saturated carbocycles. The first-order valence-electron chi connectivity index (χ1n) is 6.60. The lowest BCUT2D eigenvalue weighted by atomic mass is 9.89. The molecule has 1 fully saturated rings. The highest BCUT2D eigenvalue weighted by molar-refractivity contribution is 5.18. The Morgan fingerprint density at radius 2 is 2.00 bits per heavy atom. The molecule has 0 bridgehead atoms. The van der Waals surface area contributed by atoms with E-state index in [1.54, 1.807) is 7.11 Å². The number of hydrogen-bond acceptors (Lipinski definition) is 2. The minimum atomic E-state index is 0.499. The molecule has 0 amide bonds. The Labute approximate surface area is 104 Å². The summed E-state index contributed by atoms with van der Waals surface area (Å²) in [7, 11) is 1.80. The van der Waals surface area contributed by atoms with E-state index in [4.69, 9.17) is 4.74 Å². The Morgan fingerprint density at radius 1 is 1.29 bits per heavy atom. The normalized spacial score (nSPS) is 25.3. The second-order valence-electron chi connectivity index (χ2n) is 5.08. The van der Waals surface area contributed by atoms with Crippen molar-refractivity contribution in [3.05, 3.63) is 35.9 Å². The van der Waals surface area contributed by atoms with Gasteiger partial charge in [0.05, 0.1) is 6.10 Å². The number of nitrogens with one attached hydrogen (secondary N) is 1. The summed E-state index contributed by atoms with van der Waals surface area (Å²) in [5.74, 6) is 0.641. The molecule has 1 aliphatic rings. The Bertz CT molecular complexity index is 319. The quantitative estimate of drug-likeness (QED) is 0.815. The topological polar surface area (TPSA) is 21.3 Å². The molecule has 0 aromatic heterocycles. The van der Waals surface area contributed by atoms with Crippen LogP contribution in [0.3, 0.4) is 0 Å². The van der Waals surface area contributed by atoms with Crippen LogP contribution in [0.2, 0.25) is 0 Å². The highest BCUT2D eigenvalue weighted by Crippen LogP contribution is 2.23. The van der Waals surface area contributed by atoms with E-state index in [1.807, 2.05) is 0 Å². The molecule has 2 nitrogen and oxygen atoms in total. The minimum Gasteiger partial charge on any atom is -0.381 e. The lowest BCUT2D eigenvalue weighted by Crippen LogP contribution is -2.45. The maximum atomic E-state index is 5.27. The van der Waals surface area contributed by atoms with Crippen LogP contribution in [0.25, 0.3) is 0 Å². The van der Waals surface area contributed by atoms with Crippen LogP contribution in [0.15, 0.2) is 30.3 Å². The largest absolute Gasteiger partial charge is 0.381 e. The SMILES string of the molecule is COC1CC(NCCC(C)c2ccccc2)C1. The van der Waals surface area contributed by atoms with E-state index >= 15 is 0 Å². The van der Waals surface area contributed by atoms with Crippen LogP contribution in [-0.2, 0) is 4.74 Å². The van der Waals surface area contributed by atoms with Gasteiger partial charge in [0.1, 0.15) is 0 Å². The second-order valence-corrected chi connectivity index (χ2v) is 5.08. The molecule has 0 aliphatic heterocycles. The first kappa shape index (κ1) is 12.6. The molecule has 1 aromatic rings. The van der Waals surface area contributed by atoms with Gasteiger partial charge in [-0.15, -0.1) is 0 Å². The van der Waals surface area contributed by atoms with Crippen LogP contribution >= 0.6 is 0 Å². The predicted molar refractivity (Wildman–Crippen MR) is 71.3 cm³/mol. The molecule has 1 unspecified atom stereocenters. The second kappa shape index (κ2) is 6.18. The average molecular weight is 233 g/mol. The van der Waals surface area contributed by atoms with Gasteiger partial charge in [-0.2, -0.15) is 0 Å². The summed E-state index contributed by atoms with van der Waals surface area (Å²) in [6, 6.07) is 11.4. The standard InChI is InChI=1S/C15H23NO/c1-12(13-6-4-3-5-7-13)8-9-16-14-10-15(11-14)17-2/h3-7,12,14-16H,8-11H2,1-2H3. The first-order valence-corrected chi connectivity index (χ1v) is 6.60. The van der Waals surface area contributed by atoms with Gasteiger partial charge in [0.25, 0.3) is 0 Å². The van der Waals surface area contributed by atoms with Crippen molar-refractivity contribution < 1.29 is 4.74 Å². The van der Waals surface area contributed by atoms with Crippen LogP contribution in [0.1, 0.15) is 37.7 Å². The highest BCUT2D eigenvalue weighted by Gasteiger charge is 2.28. The zero-order chi connectivity index (χ0) is 12.1. The molecular weight excluding hydrogens is 210 g/mol. The smallest absolute Gasteiger partial charge is 0.0601 e. The molecule has 0 radical (unpaired) electrons. The van der Waals surface area contributed by atoms with Gasteiger partial charge in [0.2, 0.25) is 0 Å². The molecule has 1 aromatic carbocycles. The fraction of sp³-hybridized carbons (Fsp3) is 0.600. The van der Waals surface area contributed by atoms with E-state index in [1.165, 1.54) is 24.8 Å². The van der Waals surface area contributed by atoms with E-state index in [2.05, 4.69) is 42.6 Å². The molecule has 1 aliphatic carbocycles. The van der Waals surface area contributed by atoms with E-state index in [9.17, 15) is 0 Å². The lowest BCUT2D eigenvalue weighted by molar-refractivity contribution is 0.0174. The third-order valence-electron chi connectivity index (χ3n) is 3.81. The monoisotopic (exact) mass is 233 g/mol. The number of rotatable bonds is 6. The van der Waals surface area contributed by atoms with E-state index in [0.29, 0.717) is 18.1 Å². The molecule has 0 spiro atoms. The Kier molecular flexibility index (Phi) is 4.57. The van der Waals surface area contributed by atoms with Crippen molar-refractivity contribution in [2.45, 2.75) is 44.2 Å². The van der Waals surface area contributed by atoms with Gasteiger partial charge in [0, 0.05) is 13.2 Å². The van der Waals surface area contributed by atoms with Crippen LogP contribution < -0.4 is 5.32 Å². The summed E-state index contributed by atoms with van der Waals surface area (Å²) < 4.78 is 5.27. The van der Waals surface area contributed by atoms with E-state index in [0.717, 1.165) is 6.54 Å². The molecule has 94 valence electrons. The summed E-state index contributed by atoms with van der Waals surface area (Å²) >= 11 is 0. The fourth-order valence-electron chi connectivity index (χ4n) is 2.38. The molecular formula is C15H23NO. The van der Waals surface area contributed by atoms with Crippen molar-refractivity contribution in [2.75, 3.05) is 13.7 Å². The van der Waals surface area contributed by atoms with Crippen molar-refractivity contribution >= 4 is 0 Å². The molecule has 2 rings (SSSR count). The van der Waals surface area contributed by atoms with Crippen LogP contribution in [0.4, 0.5) is 0 Å². The van der Waals surface area contributed by atoms with Gasteiger partial charge >= 0.3 is 0 Å². The minimum absolute atomic E-state index is 0.499. The van der Waals surface area contributed by atoms with Crippen molar-refractivity contribution in [1.82, 2.24) is 5.32 Å². The van der Waals surface area contributed by atoms with Crippen LogP contribution in [-0.4, -0.2) is 25.8 Å². The zero-order valence-electron chi connectivity index (χ0n) is 10.9. The van der Waals surface area contributed by atoms with E-state index in [-0.39, 0.29) is 0 Å². The number of ether oxygens (including phenoxy) is 1. The number of hydrogen-bond donors (Lipinski definition) is 1. The summed E-state index contributed by atoms with van der Waals surface area (Å²) in [5.41, 5.74) is 1.44. The van der Waals surface area contributed by atoms with Gasteiger partial charge in [-0.05, 0) is 37.3 Å². The maximum absolute atomic E-state index is 5.27. The van der Waals surface area contributed by atoms with Crippen molar-refractivity contribution in [3.8, 4) is 0 Å². The predicted octanol–water partition coefficient (Wildman–Crippen LogP) is 2.95. The highest BCUT2D eigenvalue weighted by atomic mass is 16.5. The summed E-state index contributed by atoms with van der Waals surface area (Å²) in [6.45, 7) is 3.41. The van der Waals surface area contributed by atoms with Gasteiger partial charge in [-0.3, -0.25) is 0 Å². The summed E-state index contributed by atoms with van der Waals surface area (Å²) in [5, 5.41) is 3.60.